The van der Waals surface area contributed by atoms with E-state index in [1.165, 1.54) is 104 Å². The summed E-state index contributed by atoms with van der Waals surface area (Å²) in [7, 11) is 0. The molecule has 0 aliphatic rings. The lowest BCUT2D eigenvalue weighted by Crippen LogP contribution is -2.62. The Morgan fingerprint density at radius 3 is 1.07 bits per heavy atom. The van der Waals surface area contributed by atoms with E-state index in [4.69, 9.17) is 17.2 Å². The van der Waals surface area contributed by atoms with Crippen LogP contribution in [-0.4, -0.2) is 190 Å². The highest BCUT2D eigenvalue weighted by molar-refractivity contribution is 5.99. The van der Waals surface area contributed by atoms with E-state index in [0.29, 0.717) is 46.4 Å². The molecule has 0 saturated carbocycles. The van der Waals surface area contributed by atoms with Crippen LogP contribution in [0.5, 0.6) is 23.0 Å². The van der Waals surface area contributed by atoms with Crippen LogP contribution in [0, 0.1) is 0 Å². The van der Waals surface area contributed by atoms with Gasteiger partial charge in [0.15, 0.2) is 0 Å². The molecule has 11 atom stereocenters. The second-order valence-electron chi connectivity index (χ2n) is 24.8. The topological polar surface area (TPSA) is 544 Å². The minimum absolute atomic E-state index is 0.00209. The molecular weight excluding hydrogens is 1340 g/mol. The van der Waals surface area contributed by atoms with Crippen LogP contribution < -0.4 is 65.1 Å². The number of aliphatic hydroxyl groups is 1. The number of aromatic amines is 1. The number of hydrogen-bond acceptors (Lipinski definition) is 20. The first-order valence-electron chi connectivity index (χ1n) is 33.3. The molecule has 1 heterocycles. The molecule has 103 heavy (non-hydrogen) atoms. The van der Waals surface area contributed by atoms with Crippen LogP contribution in [0.2, 0.25) is 0 Å². The fourth-order valence-corrected chi connectivity index (χ4v) is 10.8. The highest BCUT2D eigenvalue weighted by atomic mass is 16.4. The van der Waals surface area contributed by atoms with Crippen molar-refractivity contribution in [3.05, 3.63) is 173 Å². The van der Waals surface area contributed by atoms with E-state index >= 15 is 4.79 Å². The van der Waals surface area contributed by atoms with Gasteiger partial charge in [-0.15, -0.1) is 0 Å². The molecule has 23 N–H and O–H groups in total. The molecule has 0 bridgehead atoms. The molecule has 32 heteroatoms. The average Bonchev–Trinajstić information content (AvgIpc) is 1.28. The molecule has 0 fully saturated rings. The molecule has 32 nitrogen and oxygen atoms in total. The van der Waals surface area contributed by atoms with E-state index < -0.39 is 138 Å². The summed E-state index contributed by atoms with van der Waals surface area (Å²) in [4.78, 5) is 161. The van der Waals surface area contributed by atoms with Gasteiger partial charge in [-0.25, -0.2) is 9.78 Å². The van der Waals surface area contributed by atoms with E-state index in [0.717, 1.165) is 0 Å². The van der Waals surface area contributed by atoms with Crippen molar-refractivity contribution < 1.29 is 88.5 Å². The zero-order valence-corrected chi connectivity index (χ0v) is 56.5. The Morgan fingerprint density at radius 2 is 0.718 bits per heavy atom. The number of phenols is 4. The van der Waals surface area contributed by atoms with E-state index in [-0.39, 0.29) is 100 Å². The number of amides is 9. The molecule has 9 amide bonds. The van der Waals surface area contributed by atoms with Crippen LogP contribution in [0.15, 0.2) is 140 Å². The maximum absolute atomic E-state index is 15.0. The van der Waals surface area contributed by atoms with Crippen molar-refractivity contribution >= 4 is 65.1 Å². The minimum Gasteiger partial charge on any atom is -0.508 e. The van der Waals surface area contributed by atoms with Gasteiger partial charge in [0.05, 0.1) is 24.9 Å². The number of nitrogens with zero attached hydrogens (tertiary/aromatic N) is 1. The van der Waals surface area contributed by atoms with Gasteiger partial charge in [0.25, 0.3) is 0 Å². The van der Waals surface area contributed by atoms with Crippen LogP contribution in [0.3, 0.4) is 0 Å². The summed E-state index contributed by atoms with van der Waals surface area (Å²) in [5, 5.41) is 93.8. The SMILES string of the molecule is C[C@@H](O)[C@H](NC(=O)[C@H](Cc1ccc(O)cc1)NC(=O)[C@H](CCCCN)NC(=O)[C@H](Cc1cnc[nH]1)NC(=O)[C@@H](N)Cc1ccc(O)cc1)C(=O)N[C@@H](Cc1ccccc1)C(=O)N[C@@H](Cc1ccc(O)cc1)C(=O)N[C@@H](CCCCN)C(=O)N[C@@H](Cc1ccc(O)cc1)C(=O)N[C@@H](CC(=O)O)C(=O)O. The summed E-state index contributed by atoms with van der Waals surface area (Å²) in [5.74, 6) is -12.5. The standard InChI is InChI=1S/C71H90N14O18/c1-40(86)61(85-69(100)57(35-45-19-27-50(90)28-20-45)81-64(95)53(12-6-8-30-73)78-68(99)58(36-46-38-75-39-76-46)79-62(93)51(74)31-42-13-21-47(87)22-14-42)70(101)83-56(32-41-9-3-2-4-10-41)66(97)82-54(33-43-15-23-48(88)24-16-43)65(96)77-52(11-5-7-29-72)63(94)80-55(34-44-17-25-49(89)26-18-44)67(98)84-59(71(102)103)37-60(91)92/h2-4,9-10,13-28,38-40,51-59,61,86-90H,5-8,11-12,29-37,72-74H2,1H3,(H,75,76)(H,77,96)(H,78,99)(H,79,93)(H,80,94)(H,81,95)(H,82,97)(H,83,101)(H,84,98)(H,85,100)(H,91,92)(H,102,103)/t40-,51+,52+,53+,54+,55+,56+,57+,58+,59+,61+/m1/s1. The average molecular weight is 1430 g/mol. The summed E-state index contributed by atoms with van der Waals surface area (Å²) in [5.41, 5.74) is 20.6. The highest BCUT2D eigenvalue weighted by Crippen LogP contribution is 2.18. The summed E-state index contributed by atoms with van der Waals surface area (Å²) < 4.78 is 0. The third-order valence-electron chi connectivity index (χ3n) is 16.5. The van der Waals surface area contributed by atoms with Gasteiger partial charge in [-0.2, -0.15) is 0 Å². The summed E-state index contributed by atoms with van der Waals surface area (Å²) in [6.45, 7) is 1.52. The van der Waals surface area contributed by atoms with E-state index in [1.807, 2.05) is 0 Å². The quantitative estimate of drug-likeness (QED) is 0.0202. The molecule has 552 valence electrons. The minimum atomic E-state index is -1.93. The molecule has 6 aromatic rings. The number of unbranched alkanes of at least 4 members (excludes halogenated alkanes) is 2. The molecule has 5 aromatic carbocycles. The fourth-order valence-electron chi connectivity index (χ4n) is 10.8. The Labute approximate surface area is 592 Å². The van der Waals surface area contributed by atoms with Crippen molar-refractivity contribution in [2.45, 2.75) is 157 Å². The van der Waals surface area contributed by atoms with Crippen LogP contribution in [0.25, 0.3) is 0 Å². The van der Waals surface area contributed by atoms with Gasteiger partial charge >= 0.3 is 11.9 Å². The summed E-state index contributed by atoms with van der Waals surface area (Å²) in [6, 6.07) is 15.0. The Morgan fingerprint density at radius 1 is 0.398 bits per heavy atom. The number of phenolic OH excluding ortho intramolecular Hbond substituents is 4. The molecule has 0 aliphatic carbocycles. The Balaban J connectivity index is 1.27. The number of nitrogens with two attached hydrogens (primary N) is 3. The second kappa shape index (κ2) is 40.7. The summed E-state index contributed by atoms with van der Waals surface area (Å²) in [6.07, 6.45) is -0.313. The number of rotatable bonds is 42. The van der Waals surface area contributed by atoms with Crippen molar-refractivity contribution in [1.29, 1.82) is 0 Å². The molecule has 0 unspecified atom stereocenters. The van der Waals surface area contributed by atoms with Crippen molar-refractivity contribution in [2.75, 3.05) is 13.1 Å². The Kier molecular flexibility index (Phi) is 31.8. The second-order valence-corrected chi connectivity index (χ2v) is 24.8. The number of carbonyl (C=O) groups excluding carboxylic acids is 9. The predicted octanol–water partition coefficient (Wildman–Crippen LogP) is -1.12. The van der Waals surface area contributed by atoms with Crippen molar-refractivity contribution in [3.8, 4) is 23.0 Å². The van der Waals surface area contributed by atoms with Gasteiger partial charge in [-0.1, -0.05) is 78.9 Å². The zero-order chi connectivity index (χ0) is 75.1. The Bertz CT molecular complexity index is 3780. The summed E-state index contributed by atoms with van der Waals surface area (Å²) >= 11 is 0. The molecule has 0 spiro atoms. The normalized spacial score (nSPS) is 14.3. The van der Waals surface area contributed by atoms with E-state index in [1.54, 1.807) is 42.5 Å². The van der Waals surface area contributed by atoms with Crippen LogP contribution >= 0.6 is 0 Å². The number of carboxylic acids is 2. The number of benzene rings is 5. The number of aliphatic carboxylic acids is 2. The van der Waals surface area contributed by atoms with Crippen molar-refractivity contribution in [2.24, 2.45) is 17.2 Å². The molecule has 0 radical (unpaired) electrons. The Hall–Kier alpha value is -11.5. The lowest BCUT2D eigenvalue weighted by molar-refractivity contribution is -0.147. The predicted molar refractivity (Wildman–Crippen MR) is 372 cm³/mol. The molecule has 1 aromatic heterocycles. The first-order chi connectivity index (χ1) is 49.2. The molecule has 6 rings (SSSR count). The van der Waals surface area contributed by atoms with Gasteiger partial charge in [0.1, 0.15) is 77.4 Å². The highest BCUT2D eigenvalue weighted by Gasteiger charge is 2.38. The number of carbonyl (C=O) groups is 11. The number of carboxylic acid groups (broad SMARTS) is 2. The van der Waals surface area contributed by atoms with E-state index in [9.17, 15) is 83.7 Å². The number of imidazole rings is 1. The third kappa shape index (κ3) is 27.2. The van der Waals surface area contributed by atoms with Gasteiger partial charge in [0.2, 0.25) is 53.2 Å². The number of H-pyrrole nitrogens is 1. The number of nitrogens with one attached hydrogen (secondary N) is 10. The van der Waals surface area contributed by atoms with Gasteiger partial charge in [0, 0.05) is 44.0 Å². The molecule has 0 aliphatic heterocycles. The fraction of sp³-hybridized carbons (Fsp3) is 0.380. The maximum atomic E-state index is 15.0. The number of aromatic hydroxyl groups is 4. The number of aromatic nitrogens is 2. The third-order valence-corrected chi connectivity index (χ3v) is 16.5. The monoisotopic (exact) mass is 1430 g/mol. The van der Waals surface area contributed by atoms with Gasteiger partial charge in [-0.05, 0) is 141 Å². The van der Waals surface area contributed by atoms with Crippen molar-refractivity contribution in [3.63, 3.8) is 0 Å². The first kappa shape index (κ1) is 80.5. The smallest absolute Gasteiger partial charge is 0.326 e. The molecule has 0 saturated heterocycles. The lowest BCUT2D eigenvalue weighted by atomic mass is 10.00. The maximum Gasteiger partial charge on any atom is 0.326 e. The van der Waals surface area contributed by atoms with Crippen LogP contribution in [-0.2, 0) is 91.3 Å². The lowest BCUT2D eigenvalue weighted by Gasteiger charge is -2.29. The van der Waals surface area contributed by atoms with Crippen LogP contribution in [0.1, 0.15) is 85.4 Å². The van der Waals surface area contributed by atoms with Gasteiger partial charge in [-0.3, -0.25) is 47.9 Å². The number of aliphatic hydroxyl groups excluding tert-OH is 1. The largest absolute Gasteiger partial charge is 0.508 e. The first-order valence-corrected chi connectivity index (χ1v) is 33.3. The number of hydrogen-bond donors (Lipinski definition) is 20. The zero-order valence-electron chi connectivity index (χ0n) is 56.5. The molecular formula is C71H90N14O18. The van der Waals surface area contributed by atoms with E-state index in [2.05, 4.69) is 57.8 Å². The van der Waals surface area contributed by atoms with Crippen molar-refractivity contribution in [1.82, 2.24) is 57.8 Å². The van der Waals surface area contributed by atoms with Crippen LogP contribution in [0.4, 0.5) is 0 Å². The van der Waals surface area contributed by atoms with Gasteiger partial charge < -0.3 is 106 Å².